The first-order valence-electron chi connectivity index (χ1n) is 6.58. The van der Waals surface area contributed by atoms with E-state index in [0.29, 0.717) is 6.54 Å². The zero-order valence-corrected chi connectivity index (χ0v) is 12.2. The van der Waals surface area contributed by atoms with Crippen molar-refractivity contribution in [3.05, 3.63) is 0 Å². The van der Waals surface area contributed by atoms with Crippen LogP contribution in [0.1, 0.15) is 41.0 Å². The number of rotatable bonds is 7. The lowest BCUT2D eigenvalue weighted by Gasteiger charge is -2.21. The van der Waals surface area contributed by atoms with Crippen LogP contribution in [0.4, 0.5) is 0 Å². The summed E-state index contributed by atoms with van der Waals surface area (Å²) >= 11 is 0. The zero-order chi connectivity index (χ0) is 14.2. The second-order valence-electron chi connectivity index (χ2n) is 5.49. The molecule has 0 aliphatic rings. The SMILES string of the molecule is CCCNCCNC(=O)C(C)NC(=O)C(C)(C)C. The number of carbonyl (C=O) groups is 2. The summed E-state index contributed by atoms with van der Waals surface area (Å²) in [6.07, 6.45) is 1.08. The van der Waals surface area contributed by atoms with Gasteiger partial charge in [-0.1, -0.05) is 27.7 Å². The summed E-state index contributed by atoms with van der Waals surface area (Å²) in [5.74, 6) is -0.264. The minimum Gasteiger partial charge on any atom is -0.353 e. The molecular weight excluding hydrogens is 230 g/mol. The van der Waals surface area contributed by atoms with Gasteiger partial charge in [-0.05, 0) is 19.9 Å². The number of hydrogen-bond donors (Lipinski definition) is 3. The van der Waals surface area contributed by atoms with Crippen LogP contribution in [-0.2, 0) is 9.59 Å². The fraction of sp³-hybridized carbons (Fsp3) is 0.846. The van der Waals surface area contributed by atoms with Crippen LogP contribution < -0.4 is 16.0 Å². The second kappa shape index (κ2) is 8.08. The Balaban J connectivity index is 3.87. The molecule has 0 saturated heterocycles. The molecule has 5 heteroatoms. The summed E-state index contributed by atoms with van der Waals surface area (Å²) in [5, 5.41) is 8.67. The maximum Gasteiger partial charge on any atom is 0.242 e. The molecule has 0 spiro atoms. The lowest BCUT2D eigenvalue weighted by Crippen LogP contribution is -2.49. The van der Waals surface area contributed by atoms with E-state index in [9.17, 15) is 9.59 Å². The molecule has 0 aliphatic heterocycles. The predicted octanol–water partition coefficient (Wildman–Crippen LogP) is 0.653. The Kier molecular flexibility index (Phi) is 7.59. The van der Waals surface area contributed by atoms with E-state index in [1.807, 2.05) is 20.8 Å². The summed E-state index contributed by atoms with van der Waals surface area (Å²) in [7, 11) is 0. The van der Waals surface area contributed by atoms with Gasteiger partial charge in [-0.3, -0.25) is 9.59 Å². The van der Waals surface area contributed by atoms with Crippen molar-refractivity contribution in [1.82, 2.24) is 16.0 Å². The number of carbonyl (C=O) groups excluding carboxylic acids is 2. The van der Waals surface area contributed by atoms with Gasteiger partial charge in [0, 0.05) is 18.5 Å². The van der Waals surface area contributed by atoms with Crippen molar-refractivity contribution in [3.63, 3.8) is 0 Å². The molecule has 0 saturated carbocycles. The fourth-order valence-corrected chi connectivity index (χ4v) is 1.21. The highest BCUT2D eigenvalue weighted by molar-refractivity contribution is 5.89. The van der Waals surface area contributed by atoms with Gasteiger partial charge in [0.2, 0.25) is 11.8 Å². The van der Waals surface area contributed by atoms with E-state index in [-0.39, 0.29) is 11.8 Å². The highest BCUT2D eigenvalue weighted by Crippen LogP contribution is 2.12. The van der Waals surface area contributed by atoms with E-state index in [0.717, 1.165) is 19.5 Å². The molecule has 0 rings (SSSR count). The van der Waals surface area contributed by atoms with E-state index in [1.165, 1.54) is 0 Å². The Morgan fingerprint density at radius 3 is 2.22 bits per heavy atom. The van der Waals surface area contributed by atoms with E-state index < -0.39 is 11.5 Å². The van der Waals surface area contributed by atoms with Crippen LogP contribution in [0.15, 0.2) is 0 Å². The molecule has 1 unspecified atom stereocenters. The van der Waals surface area contributed by atoms with Gasteiger partial charge < -0.3 is 16.0 Å². The highest BCUT2D eigenvalue weighted by Gasteiger charge is 2.24. The van der Waals surface area contributed by atoms with Crippen molar-refractivity contribution in [2.24, 2.45) is 5.41 Å². The minimum atomic E-state index is -0.497. The summed E-state index contributed by atoms with van der Waals surface area (Å²) in [6.45, 7) is 11.5. The highest BCUT2D eigenvalue weighted by atomic mass is 16.2. The van der Waals surface area contributed by atoms with E-state index in [1.54, 1.807) is 6.92 Å². The van der Waals surface area contributed by atoms with Crippen molar-refractivity contribution in [2.75, 3.05) is 19.6 Å². The van der Waals surface area contributed by atoms with Crippen molar-refractivity contribution < 1.29 is 9.59 Å². The molecule has 0 fully saturated rings. The van der Waals surface area contributed by atoms with Crippen molar-refractivity contribution in [1.29, 1.82) is 0 Å². The third kappa shape index (κ3) is 7.27. The van der Waals surface area contributed by atoms with Crippen LogP contribution in [0.2, 0.25) is 0 Å². The maximum absolute atomic E-state index is 11.7. The van der Waals surface area contributed by atoms with Gasteiger partial charge in [0.05, 0.1) is 0 Å². The Morgan fingerprint density at radius 2 is 1.72 bits per heavy atom. The monoisotopic (exact) mass is 257 g/mol. The van der Waals surface area contributed by atoms with Gasteiger partial charge in [-0.15, -0.1) is 0 Å². The lowest BCUT2D eigenvalue weighted by molar-refractivity contribution is -0.133. The van der Waals surface area contributed by atoms with Crippen LogP contribution >= 0.6 is 0 Å². The molecule has 2 amide bonds. The Labute approximate surface area is 110 Å². The number of amides is 2. The molecule has 0 aliphatic carbocycles. The average molecular weight is 257 g/mol. The minimum absolute atomic E-state index is 0.116. The third-order valence-corrected chi connectivity index (χ3v) is 2.45. The van der Waals surface area contributed by atoms with Crippen LogP contribution in [0, 0.1) is 5.41 Å². The standard InChI is InChI=1S/C13H27N3O2/c1-6-7-14-8-9-15-11(17)10(2)16-12(18)13(3,4)5/h10,14H,6-9H2,1-5H3,(H,15,17)(H,16,18). The zero-order valence-electron chi connectivity index (χ0n) is 12.2. The molecule has 18 heavy (non-hydrogen) atoms. The molecule has 0 aromatic rings. The molecule has 0 bridgehead atoms. The largest absolute Gasteiger partial charge is 0.353 e. The summed E-state index contributed by atoms with van der Waals surface area (Å²) in [6, 6.07) is -0.497. The average Bonchev–Trinajstić information content (AvgIpc) is 2.27. The molecule has 1 atom stereocenters. The molecule has 3 N–H and O–H groups in total. The van der Waals surface area contributed by atoms with E-state index in [2.05, 4.69) is 22.9 Å². The van der Waals surface area contributed by atoms with E-state index in [4.69, 9.17) is 0 Å². The molecule has 106 valence electrons. The van der Waals surface area contributed by atoms with Gasteiger partial charge in [0.1, 0.15) is 6.04 Å². The van der Waals surface area contributed by atoms with Crippen molar-refractivity contribution >= 4 is 11.8 Å². The van der Waals surface area contributed by atoms with Gasteiger partial charge >= 0.3 is 0 Å². The Morgan fingerprint density at radius 1 is 1.11 bits per heavy atom. The molecule has 0 radical (unpaired) electrons. The van der Waals surface area contributed by atoms with Crippen LogP contribution in [0.5, 0.6) is 0 Å². The van der Waals surface area contributed by atoms with E-state index >= 15 is 0 Å². The Hall–Kier alpha value is -1.10. The molecule has 0 aromatic carbocycles. The quantitative estimate of drug-likeness (QED) is 0.587. The van der Waals surface area contributed by atoms with Crippen molar-refractivity contribution in [2.45, 2.75) is 47.1 Å². The fourth-order valence-electron chi connectivity index (χ4n) is 1.21. The second-order valence-corrected chi connectivity index (χ2v) is 5.49. The lowest BCUT2D eigenvalue weighted by atomic mass is 9.95. The first-order valence-corrected chi connectivity index (χ1v) is 6.58. The predicted molar refractivity (Wildman–Crippen MR) is 73.2 cm³/mol. The topological polar surface area (TPSA) is 70.2 Å². The third-order valence-electron chi connectivity index (χ3n) is 2.45. The molecular formula is C13H27N3O2. The van der Waals surface area contributed by atoms with Crippen LogP contribution in [-0.4, -0.2) is 37.5 Å². The van der Waals surface area contributed by atoms with Crippen molar-refractivity contribution in [3.8, 4) is 0 Å². The van der Waals surface area contributed by atoms with Crippen LogP contribution in [0.25, 0.3) is 0 Å². The van der Waals surface area contributed by atoms with Crippen LogP contribution in [0.3, 0.4) is 0 Å². The number of hydrogen-bond acceptors (Lipinski definition) is 3. The summed E-state index contributed by atoms with van der Waals surface area (Å²) < 4.78 is 0. The smallest absolute Gasteiger partial charge is 0.242 e. The van der Waals surface area contributed by atoms with Gasteiger partial charge in [-0.25, -0.2) is 0 Å². The molecule has 0 heterocycles. The molecule has 5 nitrogen and oxygen atoms in total. The Bertz CT molecular complexity index is 272. The normalized spacial score (nSPS) is 12.9. The molecule has 0 aromatic heterocycles. The first-order chi connectivity index (χ1) is 8.29. The first kappa shape index (κ1) is 16.9. The summed E-state index contributed by atoms with van der Waals surface area (Å²) in [5.41, 5.74) is -0.475. The summed E-state index contributed by atoms with van der Waals surface area (Å²) in [4.78, 5) is 23.4. The van der Waals surface area contributed by atoms with Gasteiger partial charge in [-0.2, -0.15) is 0 Å². The van der Waals surface area contributed by atoms with Gasteiger partial charge in [0.25, 0.3) is 0 Å². The van der Waals surface area contributed by atoms with Gasteiger partial charge in [0.15, 0.2) is 0 Å². The number of nitrogens with one attached hydrogen (secondary N) is 3. The maximum atomic E-state index is 11.7.